The monoisotopic (exact) mass is 350 g/mol. The van der Waals surface area contributed by atoms with Gasteiger partial charge in [-0.3, -0.25) is 9.78 Å². The van der Waals surface area contributed by atoms with E-state index in [2.05, 4.69) is 4.98 Å². The summed E-state index contributed by atoms with van der Waals surface area (Å²) in [6, 6.07) is 13.7. The van der Waals surface area contributed by atoms with E-state index >= 15 is 0 Å². The van der Waals surface area contributed by atoms with Gasteiger partial charge in [0.2, 0.25) is 0 Å². The van der Waals surface area contributed by atoms with Crippen LogP contribution in [-0.2, 0) is 0 Å². The molecule has 1 saturated heterocycles. The van der Waals surface area contributed by atoms with Crippen molar-refractivity contribution in [2.75, 3.05) is 13.1 Å². The van der Waals surface area contributed by atoms with E-state index in [9.17, 15) is 9.18 Å². The fourth-order valence-electron chi connectivity index (χ4n) is 3.20. The highest BCUT2D eigenvalue weighted by atomic mass is 19.1. The molecule has 0 N–H and O–H groups in total. The Labute approximate surface area is 151 Å². The molecule has 26 heavy (non-hydrogen) atoms. The molecule has 0 radical (unpaired) electrons. The standard InChI is InChI=1S/C21H19FN2O2/c1-13-3-8-20-18(9-13)19(10-14(2)23-20)21(25)24-11-17(12-24)26-16-6-4-15(22)5-7-16/h3-10,17H,11-12H2,1-2H3. The van der Waals surface area contributed by atoms with Crippen molar-refractivity contribution in [3.8, 4) is 5.75 Å². The summed E-state index contributed by atoms with van der Waals surface area (Å²) in [6.07, 6.45) is -0.0691. The van der Waals surface area contributed by atoms with Crippen molar-refractivity contribution in [1.82, 2.24) is 9.88 Å². The topological polar surface area (TPSA) is 42.4 Å². The summed E-state index contributed by atoms with van der Waals surface area (Å²) >= 11 is 0. The molecule has 3 aromatic rings. The second-order valence-electron chi connectivity index (χ2n) is 6.74. The van der Waals surface area contributed by atoms with Gasteiger partial charge in [-0.2, -0.15) is 0 Å². The number of hydrogen-bond donors (Lipinski definition) is 0. The highest BCUT2D eigenvalue weighted by molar-refractivity contribution is 6.06. The Balaban J connectivity index is 1.50. The molecule has 1 fully saturated rings. The fourth-order valence-corrected chi connectivity index (χ4v) is 3.20. The molecule has 0 aliphatic carbocycles. The van der Waals surface area contributed by atoms with Gasteiger partial charge in [0, 0.05) is 11.1 Å². The van der Waals surface area contributed by atoms with Gasteiger partial charge in [-0.05, 0) is 56.3 Å². The minimum absolute atomic E-state index is 0.00921. The Morgan fingerprint density at radius 3 is 2.58 bits per heavy atom. The van der Waals surface area contributed by atoms with Crippen LogP contribution < -0.4 is 4.74 Å². The van der Waals surface area contributed by atoms with E-state index in [0.717, 1.165) is 22.2 Å². The zero-order valence-electron chi connectivity index (χ0n) is 14.7. The van der Waals surface area contributed by atoms with E-state index in [0.29, 0.717) is 24.4 Å². The van der Waals surface area contributed by atoms with Crippen LogP contribution in [0.1, 0.15) is 21.6 Å². The summed E-state index contributed by atoms with van der Waals surface area (Å²) in [4.78, 5) is 19.2. The van der Waals surface area contributed by atoms with Gasteiger partial charge in [0.25, 0.3) is 5.91 Å². The first-order chi connectivity index (χ1) is 12.5. The first-order valence-corrected chi connectivity index (χ1v) is 8.59. The van der Waals surface area contributed by atoms with E-state index in [1.54, 1.807) is 17.0 Å². The van der Waals surface area contributed by atoms with E-state index in [1.165, 1.54) is 12.1 Å². The number of amides is 1. The Hall–Kier alpha value is -2.95. The maximum Gasteiger partial charge on any atom is 0.254 e. The number of fused-ring (bicyclic) bond motifs is 1. The Bertz CT molecular complexity index is 979. The fraction of sp³-hybridized carbons (Fsp3) is 0.238. The van der Waals surface area contributed by atoms with Crippen LogP contribution in [0.2, 0.25) is 0 Å². The lowest BCUT2D eigenvalue weighted by Gasteiger charge is -2.39. The molecule has 1 aliphatic heterocycles. The SMILES string of the molecule is Cc1ccc2nc(C)cc(C(=O)N3CC(Oc4ccc(F)cc4)C3)c2c1. The lowest BCUT2D eigenvalue weighted by Crippen LogP contribution is -2.56. The van der Waals surface area contributed by atoms with Crippen LogP contribution in [0.4, 0.5) is 4.39 Å². The number of nitrogens with zero attached hydrogens (tertiary/aromatic N) is 2. The molecule has 5 heteroatoms. The van der Waals surface area contributed by atoms with Crippen molar-refractivity contribution in [2.24, 2.45) is 0 Å². The van der Waals surface area contributed by atoms with Crippen LogP contribution >= 0.6 is 0 Å². The molecule has 0 atom stereocenters. The molecule has 0 bridgehead atoms. The summed E-state index contributed by atoms with van der Waals surface area (Å²) in [5.41, 5.74) is 3.43. The average molecular weight is 350 g/mol. The quantitative estimate of drug-likeness (QED) is 0.720. The number of pyridine rings is 1. The van der Waals surface area contributed by atoms with Crippen LogP contribution in [-0.4, -0.2) is 35.0 Å². The highest BCUT2D eigenvalue weighted by Crippen LogP contribution is 2.25. The highest BCUT2D eigenvalue weighted by Gasteiger charge is 2.33. The molecule has 0 unspecified atom stereocenters. The molecule has 1 aromatic heterocycles. The molecule has 1 aliphatic rings. The zero-order chi connectivity index (χ0) is 18.3. The number of halogens is 1. The Kier molecular flexibility index (Phi) is 4.07. The third-order valence-electron chi connectivity index (χ3n) is 4.57. The van der Waals surface area contributed by atoms with Gasteiger partial charge >= 0.3 is 0 Å². The van der Waals surface area contributed by atoms with Crippen molar-refractivity contribution in [2.45, 2.75) is 20.0 Å². The number of aryl methyl sites for hydroxylation is 2. The lowest BCUT2D eigenvalue weighted by atomic mass is 10.0. The normalized spacial score (nSPS) is 14.3. The minimum atomic E-state index is -0.294. The first-order valence-electron chi connectivity index (χ1n) is 8.59. The van der Waals surface area contributed by atoms with Gasteiger partial charge < -0.3 is 9.64 Å². The molecule has 4 nitrogen and oxygen atoms in total. The van der Waals surface area contributed by atoms with Gasteiger partial charge in [0.1, 0.15) is 17.7 Å². The van der Waals surface area contributed by atoms with Crippen LogP contribution in [0.5, 0.6) is 5.75 Å². The first kappa shape index (κ1) is 16.5. The number of aromatic nitrogens is 1. The molecule has 4 rings (SSSR count). The van der Waals surface area contributed by atoms with Crippen LogP contribution in [0.25, 0.3) is 10.9 Å². The number of rotatable bonds is 3. The maximum absolute atomic E-state index is 13.0. The molecule has 132 valence electrons. The maximum atomic E-state index is 13.0. The third kappa shape index (κ3) is 3.12. The van der Waals surface area contributed by atoms with Gasteiger partial charge in [-0.1, -0.05) is 11.6 Å². The van der Waals surface area contributed by atoms with Crippen molar-refractivity contribution in [3.63, 3.8) is 0 Å². The summed E-state index contributed by atoms with van der Waals surface area (Å²) in [5, 5.41) is 0.878. The number of ether oxygens (including phenoxy) is 1. The summed E-state index contributed by atoms with van der Waals surface area (Å²) in [7, 11) is 0. The average Bonchev–Trinajstić information content (AvgIpc) is 2.58. The largest absolute Gasteiger partial charge is 0.487 e. The number of carbonyl (C=O) groups excluding carboxylic acids is 1. The number of likely N-dealkylation sites (tertiary alicyclic amines) is 1. The van der Waals surface area contributed by atoms with E-state index < -0.39 is 0 Å². The van der Waals surface area contributed by atoms with Crippen molar-refractivity contribution in [3.05, 3.63) is 71.2 Å². The van der Waals surface area contributed by atoms with Crippen molar-refractivity contribution >= 4 is 16.8 Å². The second-order valence-corrected chi connectivity index (χ2v) is 6.74. The van der Waals surface area contributed by atoms with Gasteiger partial charge in [0.15, 0.2) is 0 Å². The Morgan fingerprint density at radius 1 is 1.12 bits per heavy atom. The summed E-state index contributed by atoms with van der Waals surface area (Å²) in [5.74, 6) is 0.312. The second kappa shape index (κ2) is 6.41. The third-order valence-corrected chi connectivity index (χ3v) is 4.57. The number of benzene rings is 2. The summed E-state index contributed by atoms with van der Waals surface area (Å²) in [6.45, 7) is 4.94. The van der Waals surface area contributed by atoms with Gasteiger partial charge in [-0.15, -0.1) is 0 Å². The zero-order valence-corrected chi connectivity index (χ0v) is 14.7. The van der Waals surface area contributed by atoms with Crippen LogP contribution in [0.15, 0.2) is 48.5 Å². The number of carbonyl (C=O) groups is 1. The minimum Gasteiger partial charge on any atom is -0.487 e. The van der Waals surface area contributed by atoms with Gasteiger partial charge in [-0.25, -0.2) is 4.39 Å². The molecule has 1 amide bonds. The molecule has 0 spiro atoms. The molecular formula is C21H19FN2O2. The number of hydrogen-bond acceptors (Lipinski definition) is 3. The van der Waals surface area contributed by atoms with Crippen LogP contribution in [0.3, 0.4) is 0 Å². The van der Waals surface area contributed by atoms with Crippen molar-refractivity contribution < 1.29 is 13.9 Å². The van der Waals surface area contributed by atoms with Gasteiger partial charge in [0.05, 0.1) is 24.2 Å². The van der Waals surface area contributed by atoms with E-state index in [-0.39, 0.29) is 17.8 Å². The molecule has 2 aromatic carbocycles. The molecule has 2 heterocycles. The Morgan fingerprint density at radius 2 is 1.85 bits per heavy atom. The summed E-state index contributed by atoms with van der Waals surface area (Å²) < 4.78 is 18.7. The predicted molar refractivity (Wildman–Crippen MR) is 97.9 cm³/mol. The van der Waals surface area contributed by atoms with Crippen LogP contribution in [0, 0.1) is 19.7 Å². The predicted octanol–water partition coefficient (Wildman–Crippen LogP) is 3.89. The smallest absolute Gasteiger partial charge is 0.254 e. The van der Waals surface area contributed by atoms with E-state index in [4.69, 9.17) is 4.74 Å². The van der Waals surface area contributed by atoms with E-state index in [1.807, 2.05) is 38.1 Å². The molecular weight excluding hydrogens is 331 g/mol. The molecule has 0 saturated carbocycles. The van der Waals surface area contributed by atoms with Crippen molar-refractivity contribution in [1.29, 1.82) is 0 Å². The lowest BCUT2D eigenvalue weighted by molar-refractivity contribution is 0.0179.